The highest BCUT2D eigenvalue weighted by atomic mass is 35.5. The summed E-state index contributed by atoms with van der Waals surface area (Å²) >= 11 is 5.48. The molecule has 0 aromatic carbocycles. The van der Waals surface area contributed by atoms with Crippen LogP contribution in [-0.4, -0.2) is 72.5 Å². The van der Waals surface area contributed by atoms with Crippen molar-refractivity contribution < 1.29 is 38.1 Å². The van der Waals surface area contributed by atoms with Gasteiger partial charge in [-0.25, -0.2) is 4.79 Å². The number of hydrogen-bond donors (Lipinski definition) is 1. The Morgan fingerprint density at radius 2 is 1.63 bits per heavy atom. The molecule has 1 aliphatic heterocycles. The number of urea groups is 1. The molecule has 1 heterocycles. The van der Waals surface area contributed by atoms with E-state index in [-0.39, 0.29) is 19.0 Å². The lowest BCUT2D eigenvalue weighted by atomic mass is 10.0. The highest BCUT2D eigenvalue weighted by Crippen LogP contribution is 2.23. The molecule has 1 unspecified atom stereocenters. The van der Waals surface area contributed by atoms with Crippen molar-refractivity contribution >= 4 is 35.5 Å². The van der Waals surface area contributed by atoms with Crippen molar-refractivity contribution in [3.8, 4) is 0 Å². The van der Waals surface area contributed by atoms with E-state index in [1.165, 1.54) is 0 Å². The first-order chi connectivity index (χ1) is 12.7. The van der Waals surface area contributed by atoms with Gasteiger partial charge in [0.1, 0.15) is 0 Å². The number of carbonyl (C=O) groups is 4. The van der Waals surface area contributed by atoms with Crippen molar-refractivity contribution in [2.24, 2.45) is 5.29 Å². The molecule has 0 aromatic heterocycles. The van der Waals surface area contributed by atoms with Gasteiger partial charge in [0.15, 0.2) is 24.5 Å². The summed E-state index contributed by atoms with van der Waals surface area (Å²) in [6.45, 7) is 2.89. The standard InChI is InChI=1S/C14H20ClN3O9/c1-7(19)25-10-6-24-13(16-14(22)18(17-23)5-4-15)12(27-9(3)21)11(10)26-8(2)20/h10-13H,4-6H2,1-3H3,(H,16,22)/t10-,11+,12-,13?/m1/s1. The topological polar surface area (TPSA) is 150 Å². The third-order valence-corrected chi connectivity index (χ3v) is 3.41. The largest absolute Gasteiger partial charge is 0.456 e. The van der Waals surface area contributed by atoms with Crippen LogP contribution < -0.4 is 5.32 Å². The van der Waals surface area contributed by atoms with Gasteiger partial charge in [0, 0.05) is 26.7 Å². The number of amides is 2. The van der Waals surface area contributed by atoms with Gasteiger partial charge in [0.25, 0.3) is 0 Å². The van der Waals surface area contributed by atoms with Crippen molar-refractivity contribution in [3.05, 3.63) is 4.91 Å². The average Bonchev–Trinajstić information content (AvgIpc) is 2.56. The second-order valence-electron chi connectivity index (χ2n) is 5.39. The molecule has 27 heavy (non-hydrogen) atoms. The molecular formula is C14H20ClN3O9. The van der Waals surface area contributed by atoms with E-state index in [9.17, 15) is 24.1 Å². The summed E-state index contributed by atoms with van der Waals surface area (Å²) < 4.78 is 20.6. The van der Waals surface area contributed by atoms with Crippen LogP contribution in [0.25, 0.3) is 0 Å². The summed E-state index contributed by atoms with van der Waals surface area (Å²) in [6, 6.07) is -0.972. The van der Waals surface area contributed by atoms with Crippen molar-refractivity contribution in [3.63, 3.8) is 0 Å². The summed E-state index contributed by atoms with van der Waals surface area (Å²) in [4.78, 5) is 57.0. The molecule has 1 N–H and O–H groups in total. The van der Waals surface area contributed by atoms with Gasteiger partial charge >= 0.3 is 23.9 Å². The van der Waals surface area contributed by atoms with Crippen LogP contribution in [0.5, 0.6) is 0 Å². The van der Waals surface area contributed by atoms with E-state index in [1.54, 1.807) is 0 Å². The molecular weight excluding hydrogens is 390 g/mol. The Hall–Kier alpha value is -2.47. The molecule has 0 aromatic rings. The van der Waals surface area contributed by atoms with Crippen LogP contribution in [0.2, 0.25) is 0 Å². The smallest absolute Gasteiger partial charge is 0.342 e. The molecule has 12 nitrogen and oxygen atoms in total. The van der Waals surface area contributed by atoms with E-state index in [0.717, 1.165) is 20.8 Å². The molecule has 2 amide bonds. The average molecular weight is 410 g/mol. The molecule has 4 atom stereocenters. The van der Waals surface area contributed by atoms with Gasteiger partial charge in [0.2, 0.25) is 0 Å². The number of halogens is 1. The van der Waals surface area contributed by atoms with Crippen LogP contribution >= 0.6 is 11.6 Å². The first-order valence-electron chi connectivity index (χ1n) is 7.80. The number of esters is 3. The first kappa shape index (κ1) is 22.6. The van der Waals surface area contributed by atoms with Gasteiger partial charge in [-0.2, -0.15) is 5.01 Å². The summed E-state index contributed by atoms with van der Waals surface area (Å²) in [6.07, 6.45) is -4.98. The third-order valence-electron chi connectivity index (χ3n) is 3.25. The minimum atomic E-state index is -1.35. The van der Waals surface area contributed by atoms with Crippen molar-refractivity contribution in [2.45, 2.75) is 45.3 Å². The quantitative estimate of drug-likeness (QED) is 0.202. The summed E-state index contributed by atoms with van der Waals surface area (Å²) in [5, 5.41) is 5.31. The number of alkyl halides is 1. The Labute approximate surface area is 159 Å². The predicted octanol–water partition coefficient (Wildman–Crippen LogP) is 0.0696. The van der Waals surface area contributed by atoms with E-state index >= 15 is 0 Å². The maximum atomic E-state index is 12.1. The second kappa shape index (κ2) is 10.6. The van der Waals surface area contributed by atoms with Crippen LogP contribution in [0.15, 0.2) is 5.29 Å². The number of ether oxygens (including phenoxy) is 4. The van der Waals surface area contributed by atoms with E-state index in [0.29, 0.717) is 5.01 Å². The Morgan fingerprint density at radius 1 is 1.07 bits per heavy atom. The van der Waals surface area contributed by atoms with Crippen molar-refractivity contribution in [1.82, 2.24) is 10.3 Å². The summed E-state index contributed by atoms with van der Waals surface area (Å²) in [5.41, 5.74) is 0. The minimum Gasteiger partial charge on any atom is -0.456 e. The molecule has 1 rings (SSSR count). The normalized spacial score (nSPS) is 24.3. The van der Waals surface area contributed by atoms with Crippen molar-refractivity contribution in [1.29, 1.82) is 0 Å². The monoisotopic (exact) mass is 409 g/mol. The van der Waals surface area contributed by atoms with Gasteiger partial charge in [-0.05, 0) is 0 Å². The van der Waals surface area contributed by atoms with Crippen LogP contribution in [0.4, 0.5) is 4.79 Å². The SMILES string of the molecule is CC(=O)O[C@H]1[C@H](OC(C)=O)COC(NC(=O)N(CCCl)N=O)[C@@H]1OC(C)=O. The number of nitroso groups, excluding NO2 is 1. The zero-order chi connectivity index (χ0) is 20.6. The number of hydrogen-bond acceptors (Lipinski definition) is 10. The molecule has 152 valence electrons. The van der Waals surface area contributed by atoms with Crippen LogP contribution in [0, 0.1) is 4.91 Å². The fourth-order valence-electron chi connectivity index (χ4n) is 2.32. The molecule has 13 heteroatoms. The van der Waals surface area contributed by atoms with E-state index in [4.69, 9.17) is 30.5 Å². The van der Waals surface area contributed by atoms with Gasteiger partial charge in [-0.15, -0.1) is 16.5 Å². The van der Waals surface area contributed by atoms with E-state index < -0.39 is 48.5 Å². The second-order valence-corrected chi connectivity index (χ2v) is 5.77. The van der Waals surface area contributed by atoms with Gasteiger partial charge in [-0.3, -0.25) is 14.4 Å². The Kier molecular flexibility index (Phi) is 8.88. The Balaban J connectivity index is 3.06. The molecule has 0 saturated carbocycles. The first-order valence-corrected chi connectivity index (χ1v) is 8.33. The lowest BCUT2D eigenvalue weighted by Gasteiger charge is -2.40. The zero-order valence-electron chi connectivity index (χ0n) is 14.9. The minimum absolute atomic E-state index is 0.0529. The Bertz CT molecular complexity index is 588. The molecule has 0 aliphatic carbocycles. The predicted molar refractivity (Wildman–Crippen MR) is 88.2 cm³/mol. The molecule has 0 radical (unpaired) electrons. The van der Waals surface area contributed by atoms with E-state index in [2.05, 4.69) is 10.6 Å². The van der Waals surface area contributed by atoms with Gasteiger partial charge in [-0.1, -0.05) is 0 Å². The zero-order valence-corrected chi connectivity index (χ0v) is 15.6. The molecule has 0 spiro atoms. The van der Waals surface area contributed by atoms with Gasteiger partial charge < -0.3 is 24.3 Å². The fourth-order valence-corrected chi connectivity index (χ4v) is 2.48. The Morgan fingerprint density at radius 3 is 2.11 bits per heavy atom. The molecule has 1 saturated heterocycles. The highest BCUT2D eigenvalue weighted by Gasteiger charge is 2.47. The summed E-state index contributed by atoms with van der Waals surface area (Å²) in [5.74, 6) is -2.24. The molecule has 0 bridgehead atoms. The summed E-state index contributed by atoms with van der Waals surface area (Å²) in [7, 11) is 0. The van der Waals surface area contributed by atoms with Crippen LogP contribution in [0.3, 0.4) is 0 Å². The van der Waals surface area contributed by atoms with Crippen LogP contribution in [0.1, 0.15) is 20.8 Å². The van der Waals surface area contributed by atoms with Gasteiger partial charge in [0.05, 0.1) is 18.4 Å². The maximum absolute atomic E-state index is 12.1. The number of nitrogens with zero attached hydrogens (tertiary/aromatic N) is 2. The molecule has 1 aliphatic rings. The lowest BCUT2D eigenvalue weighted by molar-refractivity contribution is -0.228. The van der Waals surface area contributed by atoms with Crippen molar-refractivity contribution in [2.75, 3.05) is 19.0 Å². The number of nitrogens with one attached hydrogen (secondary N) is 1. The maximum Gasteiger partial charge on any atom is 0.342 e. The number of carbonyl (C=O) groups excluding carboxylic acids is 4. The number of rotatable bonds is 7. The molecule has 1 fully saturated rings. The van der Waals surface area contributed by atoms with Crippen LogP contribution in [-0.2, 0) is 33.3 Å². The highest BCUT2D eigenvalue weighted by molar-refractivity contribution is 6.18. The third kappa shape index (κ3) is 6.98. The lowest BCUT2D eigenvalue weighted by Crippen LogP contribution is -2.63. The fraction of sp³-hybridized carbons (Fsp3) is 0.714. The van der Waals surface area contributed by atoms with E-state index in [1.807, 2.05) is 0 Å².